The number of hydrogen-bond acceptors (Lipinski definition) is 3. The minimum absolute atomic E-state index is 0.0960. The fraction of sp³-hybridized carbons (Fsp3) is 0.125. The van der Waals surface area contributed by atoms with Crippen molar-refractivity contribution in [1.29, 1.82) is 0 Å². The third-order valence-corrected chi connectivity index (χ3v) is 4.92. The first-order chi connectivity index (χ1) is 14.3. The summed E-state index contributed by atoms with van der Waals surface area (Å²) < 4.78 is 1.89. The first-order valence-corrected chi connectivity index (χ1v) is 9.57. The largest absolute Gasteiger partial charge is 0.335 e. The van der Waals surface area contributed by atoms with Gasteiger partial charge in [-0.3, -0.25) is 14.9 Å². The van der Waals surface area contributed by atoms with Gasteiger partial charge in [-0.15, -0.1) is 0 Å². The molecule has 6 heteroatoms. The van der Waals surface area contributed by atoms with Crippen LogP contribution in [0, 0.1) is 20.8 Å². The second kappa shape index (κ2) is 7.48. The molecular weight excluding hydrogens is 378 g/mol. The molecule has 0 radical (unpaired) electrons. The molecular formula is C24H21N3O3. The van der Waals surface area contributed by atoms with Gasteiger partial charge in [-0.1, -0.05) is 18.2 Å². The monoisotopic (exact) mass is 399 g/mol. The second-order valence-corrected chi connectivity index (χ2v) is 7.45. The number of aryl methyl sites for hydroxylation is 3. The predicted molar refractivity (Wildman–Crippen MR) is 115 cm³/mol. The standard InChI is InChI=1S/C24H21N3O3/c1-15-6-4-7-18(11-15)26-9-5-8-19(26)14-21-22(28)25-24(30)27(23(21)29)20-12-16(2)10-17(3)13-20/h4-14H,1-3H3,(H,25,28,30)/b21-14+. The van der Waals surface area contributed by atoms with E-state index in [0.717, 1.165) is 27.3 Å². The summed E-state index contributed by atoms with van der Waals surface area (Å²) in [6.07, 6.45) is 3.38. The van der Waals surface area contributed by atoms with E-state index in [2.05, 4.69) is 5.32 Å². The summed E-state index contributed by atoms with van der Waals surface area (Å²) in [7, 11) is 0. The van der Waals surface area contributed by atoms with E-state index >= 15 is 0 Å². The van der Waals surface area contributed by atoms with Crippen molar-refractivity contribution < 1.29 is 14.4 Å². The van der Waals surface area contributed by atoms with Gasteiger partial charge in [0.15, 0.2) is 0 Å². The maximum atomic E-state index is 13.2. The van der Waals surface area contributed by atoms with Crippen molar-refractivity contribution in [3.63, 3.8) is 0 Å². The zero-order valence-electron chi connectivity index (χ0n) is 17.0. The highest BCUT2D eigenvalue weighted by atomic mass is 16.2. The van der Waals surface area contributed by atoms with E-state index in [1.807, 2.05) is 74.0 Å². The number of nitrogens with zero attached hydrogens (tertiary/aromatic N) is 2. The Balaban J connectivity index is 1.77. The van der Waals surface area contributed by atoms with Crippen LogP contribution in [0.1, 0.15) is 22.4 Å². The molecule has 6 nitrogen and oxygen atoms in total. The van der Waals surface area contributed by atoms with Crippen LogP contribution in [0.2, 0.25) is 0 Å². The number of carbonyl (C=O) groups is 3. The van der Waals surface area contributed by atoms with Gasteiger partial charge in [-0.25, -0.2) is 9.69 Å². The predicted octanol–water partition coefficient (Wildman–Crippen LogP) is 4.07. The maximum absolute atomic E-state index is 13.2. The number of carbonyl (C=O) groups excluding carboxylic acids is 3. The molecule has 0 bridgehead atoms. The lowest BCUT2D eigenvalue weighted by Gasteiger charge is -2.27. The zero-order chi connectivity index (χ0) is 21.4. The summed E-state index contributed by atoms with van der Waals surface area (Å²) in [5.74, 6) is -1.35. The van der Waals surface area contributed by atoms with Crippen molar-refractivity contribution in [2.75, 3.05) is 4.90 Å². The number of nitrogens with one attached hydrogen (secondary N) is 1. The van der Waals surface area contributed by atoms with E-state index in [0.29, 0.717) is 11.4 Å². The minimum Gasteiger partial charge on any atom is -0.317 e. The Bertz CT molecular complexity index is 1200. The van der Waals surface area contributed by atoms with Crippen LogP contribution in [0.4, 0.5) is 10.5 Å². The molecule has 2 heterocycles. The van der Waals surface area contributed by atoms with Gasteiger partial charge >= 0.3 is 6.03 Å². The normalized spacial score (nSPS) is 15.6. The van der Waals surface area contributed by atoms with Crippen LogP contribution in [0.25, 0.3) is 11.8 Å². The number of urea groups is 1. The van der Waals surface area contributed by atoms with Crippen LogP contribution in [0.15, 0.2) is 66.4 Å². The van der Waals surface area contributed by atoms with Gasteiger partial charge < -0.3 is 4.57 Å². The van der Waals surface area contributed by atoms with E-state index in [4.69, 9.17) is 0 Å². The van der Waals surface area contributed by atoms with Crippen molar-refractivity contribution in [2.24, 2.45) is 0 Å². The van der Waals surface area contributed by atoms with Gasteiger partial charge in [0.2, 0.25) is 0 Å². The van der Waals surface area contributed by atoms with Crippen molar-refractivity contribution >= 4 is 29.6 Å². The molecule has 0 spiro atoms. The van der Waals surface area contributed by atoms with E-state index in [9.17, 15) is 14.4 Å². The molecule has 0 unspecified atom stereocenters. The highest BCUT2D eigenvalue weighted by Crippen LogP contribution is 2.25. The molecule has 0 saturated carbocycles. The fourth-order valence-corrected chi connectivity index (χ4v) is 3.64. The molecule has 3 aromatic rings. The first kappa shape index (κ1) is 19.4. The SMILES string of the molecule is Cc1cc(C)cc(N2C(=O)NC(=O)/C(=C\c3cccn3-c3cccc(C)c3)C2=O)c1. The molecule has 150 valence electrons. The summed E-state index contributed by atoms with van der Waals surface area (Å²) in [4.78, 5) is 39.1. The van der Waals surface area contributed by atoms with Crippen LogP contribution in [-0.2, 0) is 9.59 Å². The Morgan fingerprint density at radius 3 is 2.20 bits per heavy atom. The first-order valence-electron chi connectivity index (χ1n) is 9.57. The Kier molecular flexibility index (Phi) is 4.83. The fourth-order valence-electron chi connectivity index (χ4n) is 3.64. The van der Waals surface area contributed by atoms with Crippen LogP contribution in [-0.4, -0.2) is 22.4 Å². The third-order valence-electron chi connectivity index (χ3n) is 4.92. The molecule has 1 aliphatic rings. The molecule has 2 aromatic carbocycles. The van der Waals surface area contributed by atoms with Gasteiger partial charge in [-0.2, -0.15) is 0 Å². The average Bonchev–Trinajstić information content (AvgIpc) is 3.12. The van der Waals surface area contributed by atoms with E-state index in [1.54, 1.807) is 12.1 Å². The van der Waals surface area contributed by atoms with Crippen LogP contribution >= 0.6 is 0 Å². The van der Waals surface area contributed by atoms with Gasteiger partial charge in [0.1, 0.15) is 5.57 Å². The minimum atomic E-state index is -0.749. The van der Waals surface area contributed by atoms with Gasteiger partial charge in [0.05, 0.1) is 5.69 Å². The maximum Gasteiger partial charge on any atom is 0.335 e. The number of anilines is 1. The summed E-state index contributed by atoms with van der Waals surface area (Å²) in [6, 6.07) is 16.2. The number of benzene rings is 2. The Hall–Kier alpha value is -3.93. The molecule has 1 fully saturated rings. The van der Waals surface area contributed by atoms with Gasteiger partial charge in [-0.05, 0) is 79.9 Å². The molecule has 1 saturated heterocycles. The lowest BCUT2D eigenvalue weighted by molar-refractivity contribution is -0.122. The number of aromatic nitrogens is 1. The molecule has 4 rings (SSSR count). The quantitative estimate of drug-likeness (QED) is 0.533. The topological polar surface area (TPSA) is 71.4 Å². The lowest BCUT2D eigenvalue weighted by atomic mass is 10.1. The van der Waals surface area contributed by atoms with Crippen molar-refractivity contribution in [1.82, 2.24) is 9.88 Å². The molecule has 1 aromatic heterocycles. The van der Waals surface area contributed by atoms with Crippen molar-refractivity contribution in [3.05, 3.63) is 88.8 Å². The van der Waals surface area contributed by atoms with Gasteiger partial charge in [0, 0.05) is 17.6 Å². The van der Waals surface area contributed by atoms with E-state index in [1.165, 1.54) is 6.08 Å². The van der Waals surface area contributed by atoms with Crippen molar-refractivity contribution in [2.45, 2.75) is 20.8 Å². The number of barbiturate groups is 1. The number of amides is 4. The van der Waals surface area contributed by atoms with Crippen LogP contribution in [0.5, 0.6) is 0 Å². The Morgan fingerprint density at radius 1 is 0.800 bits per heavy atom. The van der Waals surface area contributed by atoms with Crippen LogP contribution in [0.3, 0.4) is 0 Å². The molecule has 0 atom stereocenters. The summed E-state index contributed by atoms with van der Waals surface area (Å²) >= 11 is 0. The van der Waals surface area contributed by atoms with E-state index < -0.39 is 17.8 Å². The molecule has 0 aliphatic carbocycles. The second-order valence-electron chi connectivity index (χ2n) is 7.45. The van der Waals surface area contributed by atoms with Crippen LogP contribution < -0.4 is 10.2 Å². The molecule has 4 amide bonds. The summed E-state index contributed by atoms with van der Waals surface area (Å²) in [5.41, 5.74) is 4.84. The number of imide groups is 2. The smallest absolute Gasteiger partial charge is 0.317 e. The zero-order valence-corrected chi connectivity index (χ0v) is 17.0. The Morgan fingerprint density at radius 2 is 1.50 bits per heavy atom. The van der Waals surface area contributed by atoms with E-state index in [-0.39, 0.29) is 5.57 Å². The summed E-state index contributed by atoms with van der Waals surface area (Å²) in [5, 5.41) is 2.28. The number of rotatable bonds is 3. The molecule has 30 heavy (non-hydrogen) atoms. The molecule has 1 N–H and O–H groups in total. The highest BCUT2D eigenvalue weighted by molar-refractivity contribution is 6.39. The molecule has 1 aliphatic heterocycles. The third kappa shape index (κ3) is 3.55. The summed E-state index contributed by atoms with van der Waals surface area (Å²) in [6.45, 7) is 5.77. The van der Waals surface area contributed by atoms with Gasteiger partial charge in [0.25, 0.3) is 11.8 Å². The highest BCUT2D eigenvalue weighted by Gasteiger charge is 2.37. The lowest BCUT2D eigenvalue weighted by Crippen LogP contribution is -2.54. The number of hydrogen-bond donors (Lipinski definition) is 1. The van der Waals surface area contributed by atoms with Crippen molar-refractivity contribution in [3.8, 4) is 5.69 Å². The Labute approximate surface area is 174 Å². The average molecular weight is 399 g/mol.